The van der Waals surface area contributed by atoms with E-state index in [1.54, 1.807) is 72.8 Å². The number of hydrogen-bond acceptors (Lipinski definition) is 4. The molecule has 4 rings (SSSR count). The Kier molecular flexibility index (Phi) is 7.93. The number of ether oxygens (including phenoxy) is 1. The minimum atomic E-state index is -3.83. The lowest BCUT2D eigenvalue weighted by Crippen LogP contribution is -2.30. The quantitative estimate of drug-likeness (QED) is 0.291. The highest BCUT2D eigenvalue weighted by Crippen LogP contribution is 2.28. The van der Waals surface area contributed by atoms with E-state index < -0.39 is 10.0 Å². The first-order valence-electron chi connectivity index (χ1n) is 11.2. The number of hydrogen-bond donors (Lipinski definition) is 1. The molecule has 36 heavy (non-hydrogen) atoms. The van der Waals surface area contributed by atoms with Crippen LogP contribution in [0, 0.1) is 6.92 Å². The molecule has 0 bridgehead atoms. The molecule has 184 valence electrons. The van der Waals surface area contributed by atoms with Gasteiger partial charge in [0.05, 0.1) is 17.1 Å². The van der Waals surface area contributed by atoms with E-state index in [-0.39, 0.29) is 24.0 Å². The number of aryl methyl sites for hydroxylation is 1. The van der Waals surface area contributed by atoms with Crippen molar-refractivity contribution in [1.29, 1.82) is 0 Å². The molecule has 0 fully saturated rings. The van der Waals surface area contributed by atoms with Gasteiger partial charge in [-0.1, -0.05) is 59.6 Å². The molecule has 0 saturated carbocycles. The SMILES string of the molecule is Cc1ccc(S(=O)(=O)N(Cc2ccccc2)c2ccc(OCC(=O)Nc3ccc(Cl)cc3)cc2)cc1. The summed E-state index contributed by atoms with van der Waals surface area (Å²) in [5, 5.41) is 3.31. The summed E-state index contributed by atoms with van der Waals surface area (Å²) in [7, 11) is -3.83. The van der Waals surface area contributed by atoms with E-state index in [0.717, 1.165) is 11.1 Å². The highest BCUT2D eigenvalue weighted by Gasteiger charge is 2.25. The molecule has 0 unspecified atom stereocenters. The van der Waals surface area contributed by atoms with Gasteiger partial charge in [0.2, 0.25) is 0 Å². The van der Waals surface area contributed by atoms with Gasteiger partial charge in [0.15, 0.2) is 6.61 Å². The van der Waals surface area contributed by atoms with Crippen LogP contribution in [0.1, 0.15) is 11.1 Å². The lowest BCUT2D eigenvalue weighted by Gasteiger charge is -2.25. The van der Waals surface area contributed by atoms with Crippen molar-refractivity contribution in [2.24, 2.45) is 0 Å². The van der Waals surface area contributed by atoms with E-state index in [4.69, 9.17) is 16.3 Å². The third kappa shape index (κ3) is 6.44. The van der Waals surface area contributed by atoms with Crippen LogP contribution in [0.5, 0.6) is 5.75 Å². The van der Waals surface area contributed by atoms with Crippen molar-refractivity contribution in [2.45, 2.75) is 18.4 Å². The number of anilines is 2. The van der Waals surface area contributed by atoms with Crippen molar-refractivity contribution in [1.82, 2.24) is 0 Å². The van der Waals surface area contributed by atoms with Gasteiger partial charge in [-0.3, -0.25) is 9.10 Å². The minimum Gasteiger partial charge on any atom is -0.484 e. The smallest absolute Gasteiger partial charge is 0.264 e. The first-order valence-corrected chi connectivity index (χ1v) is 13.0. The molecule has 0 aliphatic heterocycles. The van der Waals surface area contributed by atoms with E-state index >= 15 is 0 Å². The predicted octanol–water partition coefficient (Wildman–Crippen LogP) is 6.06. The molecule has 0 heterocycles. The summed E-state index contributed by atoms with van der Waals surface area (Å²) in [5.74, 6) is 0.117. The summed E-state index contributed by atoms with van der Waals surface area (Å²) in [6.45, 7) is 1.88. The van der Waals surface area contributed by atoms with Crippen molar-refractivity contribution < 1.29 is 17.9 Å². The average molecular weight is 521 g/mol. The van der Waals surface area contributed by atoms with Crippen molar-refractivity contribution in [3.8, 4) is 5.75 Å². The fraction of sp³-hybridized carbons (Fsp3) is 0.107. The van der Waals surface area contributed by atoms with Crippen molar-refractivity contribution >= 4 is 38.9 Å². The van der Waals surface area contributed by atoms with Crippen LogP contribution in [0.2, 0.25) is 5.02 Å². The molecular formula is C28H25ClN2O4S. The molecule has 0 saturated heterocycles. The Morgan fingerprint density at radius 3 is 2.14 bits per heavy atom. The van der Waals surface area contributed by atoms with E-state index in [1.165, 1.54) is 4.31 Å². The second-order valence-electron chi connectivity index (χ2n) is 8.15. The molecule has 4 aromatic rings. The van der Waals surface area contributed by atoms with Crippen LogP contribution in [0.15, 0.2) is 108 Å². The Labute approximate surface area is 216 Å². The first-order chi connectivity index (χ1) is 17.3. The summed E-state index contributed by atoms with van der Waals surface area (Å²) in [4.78, 5) is 12.4. The summed E-state index contributed by atoms with van der Waals surface area (Å²) >= 11 is 5.86. The Morgan fingerprint density at radius 2 is 1.50 bits per heavy atom. The number of carbonyl (C=O) groups excluding carboxylic acids is 1. The number of nitrogens with zero attached hydrogens (tertiary/aromatic N) is 1. The van der Waals surface area contributed by atoms with Gasteiger partial charge in [0.25, 0.3) is 15.9 Å². The third-order valence-electron chi connectivity index (χ3n) is 5.40. The van der Waals surface area contributed by atoms with E-state index in [2.05, 4.69) is 5.32 Å². The van der Waals surface area contributed by atoms with Gasteiger partial charge < -0.3 is 10.1 Å². The third-order valence-corrected chi connectivity index (χ3v) is 7.44. The largest absolute Gasteiger partial charge is 0.484 e. The van der Waals surface area contributed by atoms with Gasteiger partial charge in [-0.25, -0.2) is 8.42 Å². The number of benzene rings is 4. The fourth-order valence-corrected chi connectivity index (χ4v) is 5.07. The van der Waals surface area contributed by atoms with Crippen LogP contribution >= 0.6 is 11.6 Å². The number of halogens is 1. The second kappa shape index (κ2) is 11.3. The maximum atomic E-state index is 13.6. The standard InChI is InChI=1S/C28H25ClN2O4S/c1-21-7-17-27(18-8-21)36(33,34)31(19-22-5-3-2-4-6-22)25-13-15-26(16-14-25)35-20-28(32)30-24-11-9-23(29)10-12-24/h2-18H,19-20H2,1H3,(H,30,32). The minimum absolute atomic E-state index is 0.167. The molecule has 1 amide bonds. The average Bonchev–Trinajstić information content (AvgIpc) is 2.89. The van der Waals surface area contributed by atoms with Gasteiger partial charge in [-0.15, -0.1) is 0 Å². The molecule has 0 aliphatic carbocycles. The molecule has 6 nitrogen and oxygen atoms in total. The topological polar surface area (TPSA) is 75.7 Å². The Morgan fingerprint density at radius 1 is 0.861 bits per heavy atom. The van der Waals surface area contributed by atoms with Gasteiger partial charge in [-0.05, 0) is 73.2 Å². The number of amides is 1. The Balaban J connectivity index is 1.50. The van der Waals surface area contributed by atoms with Crippen LogP contribution < -0.4 is 14.4 Å². The van der Waals surface area contributed by atoms with Crippen LogP contribution in [0.25, 0.3) is 0 Å². The predicted molar refractivity (Wildman–Crippen MR) is 143 cm³/mol. The second-order valence-corrected chi connectivity index (χ2v) is 10.4. The van der Waals surface area contributed by atoms with Crippen LogP contribution in [-0.4, -0.2) is 20.9 Å². The monoisotopic (exact) mass is 520 g/mol. The van der Waals surface area contributed by atoms with Gasteiger partial charge in [0.1, 0.15) is 5.75 Å². The van der Waals surface area contributed by atoms with Crippen LogP contribution in [0.3, 0.4) is 0 Å². The number of sulfonamides is 1. The number of carbonyl (C=O) groups is 1. The van der Waals surface area contributed by atoms with Gasteiger partial charge >= 0.3 is 0 Å². The molecule has 0 radical (unpaired) electrons. The normalized spacial score (nSPS) is 11.1. The number of rotatable bonds is 9. The molecule has 1 N–H and O–H groups in total. The van der Waals surface area contributed by atoms with Gasteiger partial charge in [-0.2, -0.15) is 0 Å². The summed E-state index contributed by atoms with van der Waals surface area (Å²) in [6.07, 6.45) is 0. The molecular weight excluding hydrogens is 496 g/mol. The van der Waals surface area contributed by atoms with Crippen molar-refractivity contribution in [3.05, 3.63) is 119 Å². The maximum Gasteiger partial charge on any atom is 0.264 e. The zero-order chi connectivity index (χ0) is 25.5. The number of nitrogens with one attached hydrogen (secondary N) is 1. The van der Waals surface area contributed by atoms with Crippen LogP contribution in [0.4, 0.5) is 11.4 Å². The molecule has 0 aliphatic rings. The van der Waals surface area contributed by atoms with Crippen LogP contribution in [-0.2, 0) is 21.4 Å². The summed E-state index contributed by atoms with van der Waals surface area (Å²) in [6, 6.07) is 29.6. The zero-order valence-corrected chi connectivity index (χ0v) is 21.2. The van der Waals surface area contributed by atoms with Crippen molar-refractivity contribution in [3.63, 3.8) is 0 Å². The van der Waals surface area contributed by atoms with Crippen molar-refractivity contribution in [2.75, 3.05) is 16.2 Å². The zero-order valence-electron chi connectivity index (χ0n) is 19.6. The lowest BCUT2D eigenvalue weighted by molar-refractivity contribution is -0.118. The lowest BCUT2D eigenvalue weighted by atomic mass is 10.2. The molecule has 0 spiro atoms. The summed E-state index contributed by atoms with van der Waals surface area (Å²) in [5.41, 5.74) is 2.93. The van der Waals surface area contributed by atoms with E-state index in [1.807, 2.05) is 37.3 Å². The van der Waals surface area contributed by atoms with Gasteiger partial charge in [0, 0.05) is 10.7 Å². The first kappa shape index (κ1) is 25.3. The highest BCUT2D eigenvalue weighted by atomic mass is 35.5. The van der Waals surface area contributed by atoms with E-state index in [9.17, 15) is 13.2 Å². The maximum absolute atomic E-state index is 13.6. The Hall–Kier alpha value is -3.81. The fourth-order valence-electron chi connectivity index (χ4n) is 3.49. The molecule has 0 atom stereocenters. The molecule has 0 aromatic heterocycles. The highest BCUT2D eigenvalue weighted by molar-refractivity contribution is 7.92. The summed E-state index contributed by atoms with van der Waals surface area (Å²) < 4.78 is 34.1. The van der Waals surface area contributed by atoms with E-state index in [0.29, 0.717) is 22.1 Å². The molecule has 4 aromatic carbocycles. The Bertz CT molecular complexity index is 1410. The molecule has 8 heteroatoms.